The second kappa shape index (κ2) is 10.6. The minimum atomic E-state index is -0.437. The molecule has 0 saturated carbocycles. The molecule has 1 aliphatic heterocycles. The zero-order valence-electron chi connectivity index (χ0n) is 17.2. The summed E-state index contributed by atoms with van der Waals surface area (Å²) < 4.78 is 15.5. The lowest BCUT2D eigenvalue weighted by atomic mass is 10.0. The maximum absolute atomic E-state index is 13.8. The number of nitrogens with zero attached hydrogens (tertiary/aromatic N) is 4. The molecule has 1 aromatic carbocycles. The number of amides is 1. The lowest BCUT2D eigenvalue weighted by Gasteiger charge is -2.24. The summed E-state index contributed by atoms with van der Waals surface area (Å²) in [5, 5.41) is 4.49. The molecule has 0 aliphatic carbocycles. The number of carbonyl (C=O) groups excluding carboxylic acids is 1. The number of aromatic nitrogens is 3. The molecule has 0 unspecified atom stereocenters. The van der Waals surface area contributed by atoms with Crippen LogP contribution in [0.4, 0.5) is 4.39 Å². The van der Waals surface area contributed by atoms with E-state index < -0.39 is 6.04 Å². The van der Waals surface area contributed by atoms with E-state index in [9.17, 15) is 9.18 Å². The van der Waals surface area contributed by atoms with Crippen molar-refractivity contribution < 1.29 is 9.18 Å². The molecule has 2 N–H and O–H groups in total. The molecular weight excluding hydrogens is 381 g/mol. The van der Waals surface area contributed by atoms with E-state index in [1.165, 1.54) is 6.07 Å². The van der Waals surface area contributed by atoms with Gasteiger partial charge < -0.3 is 10.6 Å². The summed E-state index contributed by atoms with van der Waals surface area (Å²) in [7, 11) is 0. The van der Waals surface area contributed by atoms with Gasteiger partial charge in [0.2, 0.25) is 5.91 Å². The van der Waals surface area contributed by atoms with Crippen molar-refractivity contribution >= 4 is 12.1 Å². The lowest BCUT2D eigenvalue weighted by Crippen LogP contribution is -2.36. The second-order valence-corrected chi connectivity index (χ2v) is 7.34. The average molecular weight is 410 g/mol. The van der Waals surface area contributed by atoms with Crippen LogP contribution in [0.2, 0.25) is 0 Å². The number of benzene rings is 1. The number of hydrogen-bond donors (Lipinski definition) is 1. The van der Waals surface area contributed by atoms with Crippen LogP contribution in [0.15, 0.2) is 61.0 Å². The van der Waals surface area contributed by atoms with Crippen LogP contribution in [-0.2, 0) is 11.2 Å². The second-order valence-electron chi connectivity index (χ2n) is 7.34. The van der Waals surface area contributed by atoms with Gasteiger partial charge in [0, 0.05) is 25.2 Å². The first kappa shape index (κ1) is 21.6. The highest BCUT2D eigenvalue weighted by Gasteiger charge is 2.33. The van der Waals surface area contributed by atoms with Crippen molar-refractivity contribution in [2.45, 2.75) is 44.7 Å². The van der Waals surface area contributed by atoms with Crippen LogP contribution in [0.25, 0.3) is 6.20 Å². The molecule has 0 bridgehead atoms. The van der Waals surface area contributed by atoms with Crippen molar-refractivity contribution in [1.82, 2.24) is 19.7 Å². The van der Waals surface area contributed by atoms with Crippen molar-refractivity contribution in [1.29, 1.82) is 0 Å². The van der Waals surface area contributed by atoms with E-state index in [-0.39, 0.29) is 24.2 Å². The molecule has 1 aromatic heterocycles. The predicted octanol–water partition coefficient (Wildman–Crippen LogP) is 3.64. The predicted molar refractivity (Wildman–Crippen MR) is 116 cm³/mol. The molecule has 1 amide bonds. The van der Waals surface area contributed by atoms with Crippen molar-refractivity contribution in [2.24, 2.45) is 5.73 Å². The van der Waals surface area contributed by atoms with Crippen molar-refractivity contribution in [3.05, 3.63) is 78.2 Å². The molecule has 2 atom stereocenters. The van der Waals surface area contributed by atoms with E-state index in [4.69, 9.17) is 5.73 Å². The maximum atomic E-state index is 13.8. The van der Waals surface area contributed by atoms with Crippen LogP contribution >= 0.6 is 0 Å². The zero-order chi connectivity index (χ0) is 21.3. The Balaban J connectivity index is 1.60. The highest BCUT2D eigenvalue weighted by Crippen LogP contribution is 2.30. The van der Waals surface area contributed by atoms with Crippen molar-refractivity contribution in [3.8, 4) is 0 Å². The summed E-state index contributed by atoms with van der Waals surface area (Å²) in [6.07, 6.45) is 15.3. The van der Waals surface area contributed by atoms with Gasteiger partial charge in [0.05, 0.1) is 6.04 Å². The molecule has 0 spiro atoms. The first-order chi connectivity index (χ1) is 14.6. The Morgan fingerprint density at radius 2 is 2.10 bits per heavy atom. The summed E-state index contributed by atoms with van der Waals surface area (Å²) >= 11 is 0. The first-order valence-electron chi connectivity index (χ1n) is 10.2. The van der Waals surface area contributed by atoms with Gasteiger partial charge in [-0.2, -0.15) is 0 Å². The third kappa shape index (κ3) is 5.73. The van der Waals surface area contributed by atoms with E-state index in [2.05, 4.69) is 10.1 Å². The van der Waals surface area contributed by atoms with Crippen LogP contribution in [0.3, 0.4) is 0 Å². The number of rotatable bonds is 8. The van der Waals surface area contributed by atoms with Gasteiger partial charge in [-0.3, -0.25) is 4.79 Å². The number of hydrogen-bond acceptors (Lipinski definition) is 4. The molecule has 2 aromatic rings. The lowest BCUT2D eigenvalue weighted by molar-refractivity contribution is -0.132. The van der Waals surface area contributed by atoms with E-state index in [1.54, 1.807) is 34.1 Å². The number of likely N-dealkylation sites (tertiary alicyclic amines) is 1. The fourth-order valence-electron chi connectivity index (χ4n) is 3.58. The largest absolute Gasteiger partial charge is 0.332 e. The number of allylic oxidation sites excluding steroid dienone is 5. The quantitative estimate of drug-likeness (QED) is 0.675. The smallest absolute Gasteiger partial charge is 0.224 e. The van der Waals surface area contributed by atoms with Crippen LogP contribution < -0.4 is 5.73 Å². The van der Waals surface area contributed by atoms with Gasteiger partial charge >= 0.3 is 0 Å². The van der Waals surface area contributed by atoms with Gasteiger partial charge in [-0.05, 0) is 43.9 Å². The number of carbonyl (C=O) groups is 1. The molecule has 1 aliphatic rings. The van der Waals surface area contributed by atoms with E-state index >= 15 is 0 Å². The van der Waals surface area contributed by atoms with Crippen molar-refractivity contribution in [2.75, 3.05) is 6.54 Å². The fourth-order valence-corrected chi connectivity index (χ4v) is 3.58. The minimum absolute atomic E-state index is 0.0393. The molecule has 3 rings (SSSR count). The summed E-state index contributed by atoms with van der Waals surface area (Å²) in [6, 6.07) is 5.95. The Labute approximate surface area is 176 Å². The van der Waals surface area contributed by atoms with Gasteiger partial charge in [-0.25, -0.2) is 14.1 Å². The highest BCUT2D eigenvalue weighted by molar-refractivity contribution is 5.77. The molecule has 1 fully saturated rings. The van der Waals surface area contributed by atoms with Crippen LogP contribution in [0.5, 0.6) is 0 Å². The summed E-state index contributed by atoms with van der Waals surface area (Å²) in [5.41, 5.74) is 6.68. The topological polar surface area (TPSA) is 77.0 Å². The van der Waals surface area contributed by atoms with Crippen molar-refractivity contribution in [3.63, 3.8) is 0 Å². The molecule has 7 heteroatoms. The van der Waals surface area contributed by atoms with Gasteiger partial charge in [-0.15, -0.1) is 5.10 Å². The van der Waals surface area contributed by atoms with Gasteiger partial charge in [-0.1, -0.05) is 42.5 Å². The van der Waals surface area contributed by atoms with Crippen LogP contribution in [0.1, 0.15) is 43.6 Å². The molecular formula is C23H28FN5O. The fraction of sp³-hybridized carbons (Fsp3) is 0.348. The third-order valence-corrected chi connectivity index (χ3v) is 5.04. The van der Waals surface area contributed by atoms with E-state index in [0.717, 1.165) is 12.8 Å². The Bertz CT molecular complexity index is 933. The Morgan fingerprint density at radius 3 is 2.90 bits per heavy atom. The van der Waals surface area contributed by atoms with Gasteiger partial charge in [0.1, 0.15) is 12.1 Å². The Morgan fingerprint density at radius 1 is 1.30 bits per heavy atom. The molecule has 158 valence electrons. The molecule has 2 heterocycles. The first-order valence-corrected chi connectivity index (χ1v) is 10.2. The monoisotopic (exact) mass is 409 g/mol. The molecule has 6 nitrogen and oxygen atoms in total. The van der Waals surface area contributed by atoms with Crippen LogP contribution in [0, 0.1) is 5.82 Å². The van der Waals surface area contributed by atoms with Gasteiger partial charge in [0.15, 0.2) is 5.82 Å². The van der Waals surface area contributed by atoms with Crippen LogP contribution in [-0.4, -0.2) is 38.2 Å². The van der Waals surface area contributed by atoms with Gasteiger partial charge in [0.25, 0.3) is 0 Å². The Kier molecular flexibility index (Phi) is 7.68. The number of nitrogens with two attached hydrogens (primary N) is 1. The third-order valence-electron chi connectivity index (χ3n) is 5.04. The summed E-state index contributed by atoms with van der Waals surface area (Å²) in [6.45, 7) is 2.62. The standard InChI is InChI=1S/C23H28FN5O/c1-2-3-4-5-8-13-28-17-26-23(27-28)21-12-9-14-29(21)22(30)16-19(25)15-18-10-6-7-11-20(18)24/h2-8,10-11,13,17,19,21H,9,12,14-16,25H2,1H3/b3-2-,5-4+,13-8+/t19-,21+/m1/s1. The summed E-state index contributed by atoms with van der Waals surface area (Å²) in [4.78, 5) is 19.0. The molecule has 30 heavy (non-hydrogen) atoms. The Hall–Kier alpha value is -3.06. The molecule has 1 saturated heterocycles. The number of halogens is 1. The maximum Gasteiger partial charge on any atom is 0.224 e. The minimum Gasteiger partial charge on any atom is -0.332 e. The SMILES string of the molecule is C\C=C/C=C/C=C/n1cnc([C@@H]2CCCN2C(=O)C[C@H](N)Cc2ccccc2F)n1. The van der Waals surface area contributed by atoms with E-state index in [1.807, 2.05) is 43.5 Å². The van der Waals surface area contributed by atoms with E-state index in [0.29, 0.717) is 24.4 Å². The normalized spacial score (nSPS) is 18.2. The zero-order valence-corrected chi connectivity index (χ0v) is 17.2. The summed E-state index contributed by atoms with van der Waals surface area (Å²) in [5.74, 6) is 0.302. The average Bonchev–Trinajstić information content (AvgIpc) is 3.39. The highest BCUT2D eigenvalue weighted by atomic mass is 19.1. The molecule has 0 radical (unpaired) electrons.